The summed E-state index contributed by atoms with van der Waals surface area (Å²) < 4.78 is 8.18. The normalized spacial score (nSPS) is 11.7. The smallest absolute Gasteiger partial charge is 0.219 e. The molecule has 0 spiro atoms. The summed E-state index contributed by atoms with van der Waals surface area (Å²) in [5.74, 6) is 8.03. The fourth-order valence-corrected chi connectivity index (χ4v) is 4.62. The number of rotatable bonds is 3. The van der Waals surface area contributed by atoms with Crippen LogP contribution in [0.15, 0.2) is 61.1 Å². The van der Waals surface area contributed by atoms with E-state index < -0.39 is 0 Å². The molecule has 7 nitrogen and oxygen atoms in total. The monoisotopic (exact) mass is 458 g/mol. The van der Waals surface area contributed by atoms with Crippen molar-refractivity contribution in [1.29, 1.82) is 0 Å². The Morgan fingerprint density at radius 1 is 1.06 bits per heavy atom. The second kappa shape index (κ2) is 8.26. The van der Waals surface area contributed by atoms with Crippen molar-refractivity contribution in [3.63, 3.8) is 0 Å². The van der Waals surface area contributed by atoms with Gasteiger partial charge in [0.25, 0.3) is 0 Å². The SMILES string of the molecule is CC#Cc1ccc(-c2c3c4c(ncnc4n2C)NCc2cc(Oc4cccc(C)n4)ccc2-3)cn1. The minimum Gasteiger partial charge on any atom is -0.439 e. The van der Waals surface area contributed by atoms with Crippen molar-refractivity contribution in [2.24, 2.45) is 7.05 Å². The molecule has 4 aromatic heterocycles. The van der Waals surface area contributed by atoms with Gasteiger partial charge in [-0.2, -0.15) is 0 Å². The maximum atomic E-state index is 6.08. The van der Waals surface area contributed by atoms with Crippen molar-refractivity contribution < 1.29 is 4.74 Å². The van der Waals surface area contributed by atoms with Gasteiger partial charge in [-0.25, -0.2) is 19.9 Å². The first kappa shape index (κ1) is 20.9. The zero-order valence-electron chi connectivity index (χ0n) is 19.6. The Kier molecular flexibility index (Phi) is 4.93. The summed E-state index contributed by atoms with van der Waals surface area (Å²) in [6.45, 7) is 4.37. The van der Waals surface area contributed by atoms with Crippen molar-refractivity contribution in [3.05, 3.63) is 78.0 Å². The second-order valence-corrected chi connectivity index (χ2v) is 8.40. The van der Waals surface area contributed by atoms with Crippen LogP contribution in [0, 0.1) is 18.8 Å². The van der Waals surface area contributed by atoms with E-state index in [0.29, 0.717) is 12.4 Å². The molecule has 6 rings (SSSR count). The van der Waals surface area contributed by atoms with Crippen LogP contribution in [0.5, 0.6) is 11.6 Å². The molecule has 0 aliphatic carbocycles. The van der Waals surface area contributed by atoms with Crippen LogP contribution in [0.2, 0.25) is 0 Å². The molecule has 1 N–H and O–H groups in total. The number of hydrogen-bond acceptors (Lipinski definition) is 6. The summed E-state index contributed by atoms with van der Waals surface area (Å²) in [6.07, 6.45) is 3.47. The van der Waals surface area contributed by atoms with Crippen LogP contribution in [0.1, 0.15) is 23.9 Å². The largest absolute Gasteiger partial charge is 0.439 e. The van der Waals surface area contributed by atoms with Crippen LogP contribution in [0.3, 0.4) is 0 Å². The molecule has 0 atom stereocenters. The zero-order chi connectivity index (χ0) is 23.9. The molecule has 35 heavy (non-hydrogen) atoms. The maximum Gasteiger partial charge on any atom is 0.219 e. The third-order valence-corrected chi connectivity index (χ3v) is 6.13. The Bertz CT molecular complexity index is 1660. The van der Waals surface area contributed by atoms with Gasteiger partial charge in [0.2, 0.25) is 5.88 Å². The van der Waals surface area contributed by atoms with Gasteiger partial charge in [0.15, 0.2) is 0 Å². The molecule has 0 unspecified atom stereocenters. The molecule has 1 aliphatic rings. The molecule has 0 bridgehead atoms. The lowest BCUT2D eigenvalue weighted by Gasteiger charge is -2.13. The van der Waals surface area contributed by atoms with E-state index in [9.17, 15) is 0 Å². The van der Waals surface area contributed by atoms with Crippen molar-refractivity contribution in [2.75, 3.05) is 5.32 Å². The third kappa shape index (κ3) is 3.56. The van der Waals surface area contributed by atoms with Crippen LogP contribution < -0.4 is 10.1 Å². The lowest BCUT2D eigenvalue weighted by atomic mass is 9.96. The molecule has 0 radical (unpaired) electrons. The van der Waals surface area contributed by atoms with E-state index in [-0.39, 0.29) is 0 Å². The Morgan fingerprint density at radius 2 is 1.97 bits per heavy atom. The van der Waals surface area contributed by atoms with E-state index in [1.807, 2.05) is 57.4 Å². The number of anilines is 1. The predicted molar refractivity (Wildman–Crippen MR) is 136 cm³/mol. The molecule has 0 saturated heterocycles. The average molecular weight is 459 g/mol. The van der Waals surface area contributed by atoms with Gasteiger partial charge in [-0.1, -0.05) is 18.1 Å². The second-order valence-electron chi connectivity index (χ2n) is 8.40. The van der Waals surface area contributed by atoms with Crippen molar-refractivity contribution in [1.82, 2.24) is 24.5 Å². The number of aryl methyl sites for hydroxylation is 2. The lowest BCUT2D eigenvalue weighted by molar-refractivity contribution is 0.461. The first-order valence-corrected chi connectivity index (χ1v) is 11.3. The van der Waals surface area contributed by atoms with Crippen molar-refractivity contribution >= 4 is 16.9 Å². The highest BCUT2D eigenvalue weighted by Crippen LogP contribution is 2.45. The molecule has 1 aromatic carbocycles. The Labute approximate surface area is 202 Å². The van der Waals surface area contributed by atoms with Gasteiger partial charge in [0, 0.05) is 42.7 Å². The van der Waals surface area contributed by atoms with Gasteiger partial charge >= 0.3 is 0 Å². The predicted octanol–water partition coefficient (Wildman–Crippen LogP) is 5.49. The van der Waals surface area contributed by atoms with Crippen molar-refractivity contribution in [3.8, 4) is 45.9 Å². The molecule has 1 aliphatic heterocycles. The standard InChI is InChI=1S/C28H22N6O/c1-4-6-20-10-9-18(14-29-20)26-24-22-12-11-21(35-23-8-5-7-17(2)33-23)13-19(22)15-30-27-25(24)28(34(26)3)32-16-31-27/h5,7-14,16H,15H2,1-3H3,(H,30,31,32). The third-order valence-electron chi connectivity index (χ3n) is 6.13. The first-order chi connectivity index (χ1) is 17.1. The molecule has 7 heteroatoms. The quantitative estimate of drug-likeness (QED) is 0.360. The fraction of sp³-hybridized carbons (Fsp3) is 0.143. The number of fused-ring (bicyclic) bond motifs is 2. The summed E-state index contributed by atoms with van der Waals surface area (Å²) in [5, 5.41) is 4.49. The molecular formula is C28H22N6O. The molecule has 5 heterocycles. The molecule has 0 saturated carbocycles. The lowest BCUT2D eigenvalue weighted by Crippen LogP contribution is -2.03. The van der Waals surface area contributed by atoms with E-state index in [0.717, 1.165) is 61.9 Å². The van der Waals surface area contributed by atoms with Crippen LogP contribution in [0.25, 0.3) is 33.4 Å². The topological polar surface area (TPSA) is 77.8 Å². The van der Waals surface area contributed by atoms with Crippen LogP contribution in [-0.4, -0.2) is 24.5 Å². The molecule has 0 fully saturated rings. The number of nitrogens with one attached hydrogen (secondary N) is 1. The Morgan fingerprint density at radius 3 is 2.77 bits per heavy atom. The summed E-state index contributed by atoms with van der Waals surface area (Å²) in [7, 11) is 2.03. The fourth-order valence-electron chi connectivity index (χ4n) is 4.62. The highest BCUT2D eigenvalue weighted by molar-refractivity contribution is 6.09. The number of nitrogens with zero attached hydrogens (tertiary/aromatic N) is 5. The van der Waals surface area contributed by atoms with Gasteiger partial charge in [-0.3, -0.25) is 0 Å². The van der Waals surface area contributed by atoms with Gasteiger partial charge in [0.1, 0.15) is 29.2 Å². The maximum absolute atomic E-state index is 6.08. The molecule has 170 valence electrons. The van der Waals surface area contributed by atoms with Gasteiger partial charge in [-0.05, 0) is 61.2 Å². The molecule has 5 aromatic rings. The zero-order valence-corrected chi connectivity index (χ0v) is 19.6. The van der Waals surface area contributed by atoms with E-state index in [4.69, 9.17) is 4.74 Å². The van der Waals surface area contributed by atoms with E-state index in [1.54, 1.807) is 6.33 Å². The summed E-state index contributed by atoms with van der Waals surface area (Å²) in [4.78, 5) is 18.2. The Balaban J connectivity index is 1.53. The molecular weight excluding hydrogens is 436 g/mol. The highest BCUT2D eigenvalue weighted by Gasteiger charge is 2.26. The number of ether oxygens (including phenoxy) is 1. The van der Waals surface area contributed by atoms with Gasteiger partial charge in [-0.15, -0.1) is 0 Å². The molecule has 0 amide bonds. The number of aromatic nitrogens is 5. The Hall–Kier alpha value is -4.70. The van der Waals surface area contributed by atoms with Gasteiger partial charge in [0.05, 0.1) is 11.1 Å². The minimum atomic E-state index is 0.574. The minimum absolute atomic E-state index is 0.574. The van der Waals surface area contributed by atoms with Crippen LogP contribution in [-0.2, 0) is 13.6 Å². The van der Waals surface area contributed by atoms with Crippen molar-refractivity contribution in [2.45, 2.75) is 20.4 Å². The highest BCUT2D eigenvalue weighted by atomic mass is 16.5. The number of benzene rings is 1. The first-order valence-electron chi connectivity index (χ1n) is 11.3. The summed E-state index contributed by atoms with van der Waals surface area (Å²) >= 11 is 0. The van der Waals surface area contributed by atoms with Crippen LogP contribution in [0.4, 0.5) is 5.82 Å². The average Bonchev–Trinajstić information content (AvgIpc) is 3.06. The van der Waals surface area contributed by atoms with Gasteiger partial charge < -0.3 is 14.6 Å². The number of hydrogen-bond donors (Lipinski definition) is 1. The summed E-state index contributed by atoms with van der Waals surface area (Å²) in [6, 6.07) is 15.9. The van der Waals surface area contributed by atoms with E-state index in [2.05, 4.69) is 59.9 Å². The van der Waals surface area contributed by atoms with E-state index >= 15 is 0 Å². The van der Waals surface area contributed by atoms with E-state index in [1.165, 1.54) is 0 Å². The number of pyridine rings is 2. The van der Waals surface area contributed by atoms with Crippen LogP contribution >= 0.6 is 0 Å². The summed E-state index contributed by atoms with van der Waals surface area (Å²) in [5.41, 5.74) is 7.83.